The first-order valence-corrected chi connectivity index (χ1v) is 4.83. The van der Waals surface area contributed by atoms with E-state index in [-0.39, 0.29) is 68.3 Å². The fourth-order valence-electron chi connectivity index (χ4n) is 1.42. The number of hydrogen-bond donors (Lipinski definition) is 0. The molecule has 0 saturated carbocycles. The first-order chi connectivity index (χ1) is 7.87. The summed E-state index contributed by atoms with van der Waals surface area (Å²) < 4.78 is 46.4. The van der Waals surface area contributed by atoms with Gasteiger partial charge in [-0.2, -0.15) is 0 Å². The van der Waals surface area contributed by atoms with Gasteiger partial charge >= 0.3 is 64.3 Å². The average Bonchev–Trinajstić information content (AvgIpc) is 2.25. The van der Waals surface area contributed by atoms with Crippen molar-refractivity contribution in [1.29, 1.82) is 0 Å². The Kier molecular flexibility index (Phi) is 7.53. The summed E-state index contributed by atoms with van der Waals surface area (Å²) in [5, 5.41) is 0. The molecule has 8 heteroatoms. The van der Waals surface area contributed by atoms with Gasteiger partial charge in [-0.05, 0) is 18.2 Å². The average molecular weight is 286 g/mol. The quantitative estimate of drug-likeness (QED) is 0.548. The topological polar surface area (TPSA) is 35.5 Å². The van der Waals surface area contributed by atoms with Gasteiger partial charge in [-0.25, -0.2) is 4.79 Å². The molecule has 18 heavy (non-hydrogen) atoms. The molecule has 0 spiro atoms. The number of rotatable bonds is 4. The Morgan fingerprint density at radius 2 is 1.89 bits per heavy atom. The Bertz CT molecular complexity index is 423. The van der Waals surface area contributed by atoms with Gasteiger partial charge in [-0.1, -0.05) is 11.9 Å². The molecule has 0 radical (unpaired) electrons. The van der Waals surface area contributed by atoms with Crippen LogP contribution in [0.4, 0.5) is 12.9 Å². The predicted molar refractivity (Wildman–Crippen MR) is 57.1 cm³/mol. The van der Waals surface area contributed by atoms with Crippen LogP contribution in [-0.2, 0) is 11.1 Å². The molecule has 1 rings (SSSR count). The minimum atomic E-state index is -5.02. The van der Waals surface area contributed by atoms with E-state index < -0.39 is 19.3 Å². The minimum absolute atomic E-state index is 0. The van der Waals surface area contributed by atoms with E-state index >= 15 is 0 Å². The third-order valence-corrected chi connectivity index (χ3v) is 2.17. The summed E-state index contributed by atoms with van der Waals surface area (Å²) in [6, 6.07) is 3.88. The second-order valence-corrected chi connectivity index (χ2v) is 3.43. The number of carbonyl (C=O) groups is 1. The molecule has 0 aromatic heterocycles. The summed E-state index contributed by atoms with van der Waals surface area (Å²) in [6.45, 7) is -5.02. The molecule has 1 aromatic carbocycles. The van der Waals surface area contributed by atoms with Gasteiger partial charge in [0.2, 0.25) is 0 Å². The summed E-state index contributed by atoms with van der Waals surface area (Å²) in [6.07, 6.45) is -1.14. The molecule has 0 saturated heterocycles. The van der Waals surface area contributed by atoms with Gasteiger partial charge < -0.3 is 22.4 Å². The summed E-state index contributed by atoms with van der Waals surface area (Å²) in [5.74, 6) is -0.518. The number of methoxy groups -OCH3 is 2. The monoisotopic (exact) mass is 286 g/mol. The molecule has 0 heterocycles. The van der Waals surface area contributed by atoms with E-state index in [1.165, 1.54) is 25.3 Å². The zero-order chi connectivity index (χ0) is 13.1. The first kappa shape index (κ1) is 18.0. The Balaban J connectivity index is 0.00000289. The predicted octanol–water partition coefficient (Wildman–Crippen LogP) is -0.585. The second kappa shape index (κ2) is 7.54. The summed E-state index contributed by atoms with van der Waals surface area (Å²) in [5.41, 5.74) is -0.226. The van der Waals surface area contributed by atoms with E-state index in [4.69, 9.17) is 4.74 Å². The Labute approximate surface area is 146 Å². The Morgan fingerprint density at radius 3 is 2.33 bits per heavy atom. The van der Waals surface area contributed by atoms with Crippen molar-refractivity contribution >= 4 is 12.9 Å². The van der Waals surface area contributed by atoms with Crippen LogP contribution >= 0.6 is 0 Å². The van der Waals surface area contributed by atoms with Gasteiger partial charge in [-0.3, -0.25) is 0 Å². The van der Waals surface area contributed by atoms with Crippen LogP contribution in [0, 0.1) is 0 Å². The molecule has 0 bridgehead atoms. The molecule has 0 amide bonds. The Morgan fingerprint density at radius 1 is 1.28 bits per heavy atom. The van der Waals surface area contributed by atoms with Crippen LogP contribution in [-0.4, -0.2) is 27.2 Å². The Hall–Kier alpha value is -0.0187. The van der Waals surface area contributed by atoms with Gasteiger partial charge in [0, 0.05) is 0 Å². The van der Waals surface area contributed by atoms with Gasteiger partial charge in [-0.15, -0.1) is 0 Å². The van der Waals surface area contributed by atoms with E-state index in [1.54, 1.807) is 0 Å². The van der Waals surface area contributed by atoms with Gasteiger partial charge in [0.1, 0.15) is 5.75 Å². The molecule has 3 nitrogen and oxygen atoms in total. The van der Waals surface area contributed by atoms with Crippen LogP contribution in [0.15, 0.2) is 18.2 Å². The van der Waals surface area contributed by atoms with Crippen molar-refractivity contribution in [1.82, 2.24) is 0 Å². The van der Waals surface area contributed by atoms with Gasteiger partial charge in [0.25, 0.3) is 0 Å². The number of benzene rings is 1. The third-order valence-electron chi connectivity index (χ3n) is 2.17. The largest absolute Gasteiger partial charge is 1.00 e. The molecule has 94 valence electrons. The zero-order valence-corrected chi connectivity index (χ0v) is 13.5. The first-order valence-electron chi connectivity index (χ1n) is 4.83. The molecule has 0 aliphatic carbocycles. The van der Waals surface area contributed by atoms with E-state index in [2.05, 4.69) is 4.74 Å². The maximum Gasteiger partial charge on any atom is 1.00 e. The number of ether oxygens (including phenoxy) is 2. The van der Waals surface area contributed by atoms with Crippen molar-refractivity contribution in [3.05, 3.63) is 29.3 Å². The van der Waals surface area contributed by atoms with Crippen LogP contribution in [0.3, 0.4) is 0 Å². The van der Waals surface area contributed by atoms with Crippen molar-refractivity contribution in [2.75, 3.05) is 14.2 Å². The molecule has 0 aliphatic rings. The molecular formula is C10H11BF3KO3. The molecule has 0 fully saturated rings. The smallest absolute Gasteiger partial charge is 0.497 e. The maximum atomic E-state index is 12.4. The molecule has 0 atom stereocenters. The van der Waals surface area contributed by atoms with Gasteiger partial charge in [0.15, 0.2) is 0 Å². The maximum absolute atomic E-state index is 12.4. The zero-order valence-electron chi connectivity index (χ0n) is 10.4. The van der Waals surface area contributed by atoms with E-state index in [0.717, 1.165) is 7.11 Å². The number of esters is 1. The fourth-order valence-corrected chi connectivity index (χ4v) is 1.42. The molecule has 0 unspecified atom stereocenters. The molecule has 1 aromatic rings. The number of carbonyl (C=O) groups excluding carboxylic acids is 1. The van der Waals surface area contributed by atoms with Gasteiger partial charge in [0.05, 0.1) is 19.8 Å². The van der Waals surface area contributed by atoms with Crippen LogP contribution in [0.2, 0.25) is 0 Å². The van der Waals surface area contributed by atoms with Crippen LogP contribution in [0.1, 0.15) is 15.9 Å². The van der Waals surface area contributed by atoms with Crippen LogP contribution in [0.5, 0.6) is 5.75 Å². The standard InChI is InChI=1S/C10H11BF3O3.K/c1-16-8-3-4-9(10(15)17-2)7(5-8)6-11(12,13)14;/h3-5H,6H2,1-2H3;/q-1;+1. The third kappa shape index (κ3) is 5.31. The SMILES string of the molecule is COC(=O)c1ccc(OC)cc1C[B-](F)(F)F.[K+]. The van der Waals surface area contributed by atoms with Crippen molar-refractivity contribution in [3.63, 3.8) is 0 Å². The second-order valence-electron chi connectivity index (χ2n) is 3.43. The van der Waals surface area contributed by atoms with E-state index in [1.807, 2.05) is 0 Å². The minimum Gasteiger partial charge on any atom is -0.497 e. The summed E-state index contributed by atoms with van der Waals surface area (Å²) >= 11 is 0. The van der Waals surface area contributed by atoms with Crippen molar-refractivity contribution < 1.29 is 78.6 Å². The normalized spacial score (nSPS) is 10.5. The summed E-state index contributed by atoms with van der Waals surface area (Å²) in [4.78, 5) is 11.3. The summed E-state index contributed by atoms with van der Waals surface area (Å²) in [7, 11) is 2.46. The van der Waals surface area contributed by atoms with Crippen molar-refractivity contribution in [2.24, 2.45) is 0 Å². The van der Waals surface area contributed by atoms with Crippen LogP contribution in [0.25, 0.3) is 0 Å². The number of hydrogen-bond acceptors (Lipinski definition) is 3. The van der Waals surface area contributed by atoms with Crippen molar-refractivity contribution in [2.45, 2.75) is 6.32 Å². The van der Waals surface area contributed by atoms with Crippen molar-refractivity contribution in [3.8, 4) is 5.75 Å². The number of halogens is 3. The fraction of sp³-hybridized carbons (Fsp3) is 0.300. The molecule has 0 N–H and O–H groups in total. The van der Waals surface area contributed by atoms with E-state index in [9.17, 15) is 17.7 Å². The van der Waals surface area contributed by atoms with E-state index in [0.29, 0.717) is 0 Å². The molecule has 0 aliphatic heterocycles. The molecular weight excluding hydrogens is 275 g/mol. The van der Waals surface area contributed by atoms with Crippen LogP contribution < -0.4 is 56.1 Å².